The minimum atomic E-state index is -0.516. The van der Waals surface area contributed by atoms with Crippen LogP contribution in [0.15, 0.2) is 0 Å². The SMILES string of the molecule is Cc1nc(N2CCOCC2)nc(NCCO)c1[N+](=O)[O-]. The van der Waals surface area contributed by atoms with Crippen molar-refractivity contribution in [1.29, 1.82) is 0 Å². The maximum atomic E-state index is 11.1. The van der Waals surface area contributed by atoms with Crippen molar-refractivity contribution in [2.45, 2.75) is 6.92 Å². The Morgan fingerprint density at radius 3 is 2.75 bits per heavy atom. The molecule has 1 aromatic heterocycles. The lowest BCUT2D eigenvalue weighted by atomic mass is 10.3. The van der Waals surface area contributed by atoms with E-state index in [1.807, 2.05) is 4.90 Å². The number of nitrogens with zero attached hydrogens (tertiary/aromatic N) is 4. The number of rotatable bonds is 5. The Bertz CT molecular complexity index is 490. The van der Waals surface area contributed by atoms with E-state index in [2.05, 4.69) is 15.3 Å². The van der Waals surface area contributed by atoms with Gasteiger partial charge in [-0.2, -0.15) is 4.98 Å². The fourth-order valence-corrected chi connectivity index (χ4v) is 1.97. The van der Waals surface area contributed by atoms with Crippen LogP contribution in [0.5, 0.6) is 0 Å². The minimum Gasteiger partial charge on any atom is -0.395 e. The Morgan fingerprint density at radius 2 is 2.15 bits per heavy atom. The fourth-order valence-electron chi connectivity index (χ4n) is 1.97. The molecule has 9 heteroatoms. The zero-order chi connectivity index (χ0) is 14.5. The van der Waals surface area contributed by atoms with Gasteiger partial charge in [0.15, 0.2) is 0 Å². The van der Waals surface area contributed by atoms with Gasteiger partial charge in [-0.3, -0.25) is 10.1 Å². The molecule has 0 bridgehead atoms. The number of morpholine rings is 1. The van der Waals surface area contributed by atoms with Gasteiger partial charge in [0.2, 0.25) is 11.8 Å². The molecule has 9 nitrogen and oxygen atoms in total. The third-order valence-electron chi connectivity index (χ3n) is 2.93. The standard InChI is InChI=1S/C11H17N5O4/c1-8-9(16(18)19)10(12-2-5-17)14-11(13-8)15-3-6-20-7-4-15/h17H,2-7H2,1H3,(H,12,13,14). The van der Waals surface area contributed by atoms with Gasteiger partial charge in [0.1, 0.15) is 5.69 Å². The van der Waals surface area contributed by atoms with Crippen LogP contribution >= 0.6 is 0 Å². The lowest BCUT2D eigenvalue weighted by Gasteiger charge is -2.27. The van der Waals surface area contributed by atoms with Crippen LogP contribution in [0.25, 0.3) is 0 Å². The number of hydrogen-bond acceptors (Lipinski definition) is 8. The van der Waals surface area contributed by atoms with Crippen molar-refractivity contribution in [3.05, 3.63) is 15.8 Å². The first-order chi connectivity index (χ1) is 9.63. The van der Waals surface area contributed by atoms with E-state index >= 15 is 0 Å². The van der Waals surface area contributed by atoms with Gasteiger partial charge in [0.05, 0.1) is 24.7 Å². The third-order valence-corrected chi connectivity index (χ3v) is 2.93. The van der Waals surface area contributed by atoms with E-state index in [-0.39, 0.29) is 24.7 Å². The minimum absolute atomic E-state index is 0.132. The average molecular weight is 283 g/mol. The summed E-state index contributed by atoms with van der Waals surface area (Å²) >= 11 is 0. The van der Waals surface area contributed by atoms with Gasteiger partial charge in [0, 0.05) is 19.6 Å². The topological polar surface area (TPSA) is 114 Å². The van der Waals surface area contributed by atoms with Gasteiger partial charge < -0.3 is 20.1 Å². The van der Waals surface area contributed by atoms with Crippen LogP contribution in [0.2, 0.25) is 0 Å². The normalized spacial score (nSPS) is 15.2. The monoisotopic (exact) mass is 283 g/mol. The smallest absolute Gasteiger partial charge is 0.332 e. The van der Waals surface area contributed by atoms with E-state index in [0.29, 0.717) is 37.9 Å². The number of anilines is 2. The van der Waals surface area contributed by atoms with Crippen LogP contribution in [0.4, 0.5) is 17.5 Å². The van der Waals surface area contributed by atoms with Gasteiger partial charge in [0.25, 0.3) is 0 Å². The molecular weight excluding hydrogens is 266 g/mol. The van der Waals surface area contributed by atoms with E-state index in [0.717, 1.165) is 0 Å². The molecule has 0 aliphatic carbocycles. The molecule has 110 valence electrons. The van der Waals surface area contributed by atoms with Gasteiger partial charge >= 0.3 is 5.69 Å². The van der Waals surface area contributed by atoms with Crippen LogP contribution in [0.1, 0.15) is 5.69 Å². The van der Waals surface area contributed by atoms with Gasteiger partial charge in [-0.15, -0.1) is 0 Å². The second-order valence-electron chi connectivity index (χ2n) is 4.31. The van der Waals surface area contributed by atoms with Gasteiger partial charge in [-0.1, -0.05) is 0 Å². The molecule has 0 amide bonds. The van der Waals surface area contributed by atoms with E-state index < -0.39 is 4.92 Å². The Labute approximate surface area is 115 Å². The quantitative estimate of drug-likeness (QED) is 0.570. The summed E-state index contributed by atoms with van der Waals surface area (Å²) in [7, 11) is 0. The number of aryl methyl sites for hydroxylation is 1. The maximum Gasteiger partial charge on any atom is 0.332 e. The van der Waals surface area contributed by atoms with Crippen molar-refractivity contribution < 1.29 is 14.8 Å². The summed E-state index contributed by atoms with van der Waals surface area (Å²) in [6.45, 7) is 4.10. The van der Waals surface area contributed by atoms with Crippen molar-refractivity contribution in [1.82, 2.24) is 9.97 Å². The van der Waals surface area contributed by atoms with Crippen LogP contribution in [0, 0.1) is 17.0 Å². The average Bonchev–Trinajstić information content (AvgIpc) is 2.45. The van der Waals surface area contributed by atoms with Crippen LogP contribution in [-0.2, 0) is 4.74 Å². The second-order valence-corrected chi connectivity index (χ2v) is 4.31. The van der Waals surface area contributed by atoms with E-state index in [1.54, 1.807) is 6.92 Å². The highest BCUT2D eigenvalue weighted by Crippen LogP contribution is 2.27. The second kappa shape index (κ2) is 6.44. The maximum absolute atomic E-state index is 11.1. The van der Waals surface area contributed by atoms with Crippen molar-refractivity contribution in [3.63, 3.8) is 0 Å². The number of aliphatic hydroxyl groups is 1. The molecule has 1 aromatic rings. The molecule has 0 aromatic carbocycles. The summed E-state index contributed by atoms with van der Waals surface area (Å²) in [5, 5.41) is 22.7. The molecule has 2 N–H and O–H groups in total. The van der Waals surface area contributed by atoms with Crippen LogP contribution < -0.4 is 10.2 Å². The van der Waals surface area contributed by atoms with Crippen molar-refractivity contribution in [2.24, 2.45) is 0 Å². The predicted molar refractivity (Wildman–Crippen MR) is 72.0 cm³/mol. The summed E-state index contributed by atoms with van der Waals surface area (Å²) in [6, 6.07) is 0. The summed E-state index contributed by atoms with van der Waals surface area (Å²) in [5.74, 6) is 0.579. The fraction of sp³-hybridized carbons (Fsp3) is 0.636. The molecule has 1 saturated heterocycles. The van der Waals surface area contributed by atoms with E-state index in [4.69, 9.17) is 9.84 Å². The molecule has 0 saturated carbocycles. The van der Waals surface area contributed by atoms with Crippen molar-refractivity contribution in [2.75, 3.05) is 49.7 Å². The molecule has 1 aliphatic rings. The van der Waals surface area contributed by atoms with Crippen molar-refractivity contribution >= 4 is 17.5 Å². The molecule has 0 radical (unpaired) electrons. The Balaban J connectivity index is 2.34. The molecule has 0 atom stereocenters. The van der Waals surface area contributed by atoms with Gasteiger partial charge in [-0.05, 0) is 6.92 Å². The molecule has 2 heterocycles. The van der Waals surface area contributed by atoms with E-state index in [1.165, 1.54) is 0 Å². The first-order valence-electron chi connectivity index (χ1n) is 6.34. The van der Waals surface area contributed by atoms with E-state index in [9.17, 15) is 10.1 Å². The lowest BCUT2D eigenvalue weighted by molar-refractivity contribution is -0.385. The molecule has 1 fully saturated rings. The first-order valence-corrected chi connectivity index (χ1v) is 6.34. The molecule has 0 unspecified atom stereocenters. The Kier molecular flexibility index (Phi) is 4.64. The van der Waals surface area contributed by atoms with Crippen molar-refractivity contribution in [3.8, 4) is 0 Å². The van der Waals surface area contributed by atoms with Crippen LogP contribution in [0.3, 0.4) is 0 Å². The number of hydrogen-bond donors (Lipinski definition) is 2. The third kappa shape index (κ3) is 3.11. The Hall–Kier alpha value is -2.00. The van der Waals surface area contributed by atoms with Crippen LogP contribution in [-0.4, -0.2) is 59.5 Å². The molecule has 20 heavy (non-hydrogen) atoms. The summed E-state index contributed by atoms with van der Waals surface area (Å²) in [5.41, 5.74) is 0.141. The molecule has 1 aliphatic heterocycles. The highest BCUT2D eigenvalue weighted by Gasteiger charge is 2.24. The summed E-state index contributed by atoms with van der Waals surface area (Å²) < 4.78 is 5.25. The highest BCUT2D eigenvalue weighted by molar-refractivity contribution is 5.61. The number of nitro groups is 1. The number of ether oxygens (including phenoxy) is 1. The largest absolute Gasteiger partial charge is 0.395 e. The van der Waals surface area contributed by atoms with Gasteiger partial charge in [-0.25, -0.2) is 4.98 Å². The zero-order valence-corrected chi connectivity index (χ0v) is 11.2. The number of aliphatic hydroxyl groups excluding tert-OH is 1. The molecule has 0 spiro atoms. The summed E-state index contributed by atoms with van der Waals surface area (Å²) in [6.07, 6.45) is 0. The zero-order valence-electron chi connectivity index (χ0n) is 11.2. The first kappa shape index (κ1) is 14.4. The lowest BCUT2D eigenvalue weighted by Crippen LogP contribution is -2.37. The number of nitrogens with one attached hydrogen (secondary N) is 1. The predicted octanol–water partition coefficient (Wildman–Crippen LogP) is -0.0660. The summed E-state index contributed by atoms with van der Waals surface area (Å²) in [4.78, 5) is 20.9. The Morgan fingerprint density at radius 1 is 1.45 bits per heavy atom. The highest BCUT2D eigenvalue weighted by atomic mass is 16.6. The molecule has 2 rings (SSSR count). The number of aromatic nitrogens is 2. The molecular formula is C11H17N5O4.